The van der Waals surface area contributed by atoms with Gasteiger partial charge in [0.2, 0.25) is 0 Å². The molecule has 0 aromatic carbocycles. The summed E-state index contributed by atoms with van der Waals surface area (Å²) in [6.07, 6.45) is 13.3. The van der Waals surface area contributed by atoms with Gasteiger partial charge in [-0.3, -0.25) is 0 Å². The number of hydrogen-bond donors (Lipinski definition) is 2. The van der Waals surface area contributed by atoms with Gasteiger partial charge in [0.25, 0.3) is 0 Å². The van der Waals surface area contributed by atoms with Crippen molar-refractivity contribution in [2.24, 2.45) is 0 Å². The summed E-state index contributed by atoms with van der Waals surface area (Å²) in [6, 6.07) is 0. The number of unbranched alkanes of at least 4 members (excludes halogenated alkanes) is 6. The molecule has 0 saturated heterocycles. The van der Waals surface area contributed by atoms with E-state index in [0.717, 1.165) is 6.54 Å². The number of nitrogens with one attached hydrogen (secondary N) is 2. The van der Waals surface area contributed by atoms with Crippen LogP contribution < -0.4 is 10.6 Å². The van der Waals surface area contributed by atoms with Crippen LogP contribution in [-0.2, 0) is 0 Å². The predicted molar refractivity (Wildman–Crippen MR) is 95.9 cm³/mol. The molecular weight excluding hydrogens is 258 g/mol. The van der Waals surface area contributed by atoms with Gasteiger partial charge in [0.15, 0.2) is 0 Å². The molecule has 0 rings (SSSR count). The summed E-state index contributed by atoms with van der Waals surface area (Å²) in [7, 11) is 6.42. The minimum atomic E-state index is 0.116. The molecule has 0 unspecified atom stereocenters. The maximum Gasteiger partial charge on any atom is 0.0694 e. The van der Waals surface area contributed by atoms with Gasteiger partial charge >= 0.3 is 0 Å². The third-order valence-electron chi connectivity index (χ3n) is 4.69. The Bertz CT molecular complexity index is 215. The van der Waals surface area contributed by atoms with Crippen LogP contribution in [0.3, 0.4) is 0 Å². The molecule has 0 aliphatic rings. The number of rotatable bonds is 15. The Morgan fingerprint density at radius 3 is 1.81 bits per heavy atom. The van der Waals surface area contributed by atoms with E-state index in [1.165, 1.54) is 70.8 Å². The van der Waals surface area contributed by atoms with Crippen LogP contribution in [0.15, 0.2) is 0 Å². The van der Waals surface area contributed by atoms with Gasteiger partial charge in [-0.25, -0.2) is 0 Å². The topological polar surface area (TPSA) is 27.3 Å². The maximum absolute atomic E-state index is 3.54. The zero-order valence-electron chi connectivity index (χ0n) is 15.4. The van der Waals surface area contributed by atoms with Crippen molar-refractivity contribution < 1.29 is 0 Å². The van der Waals surface area contributed by atoms with Crippen LogP contribution >= 0.6 is 0 Å². The molecule has 3 nitrogen and oxygen atoms in total. The zero-order valence-corrected chi connectivity index (χ0v) is 15.4. The Labute approximate surface area is 134 Å². The Balaban J connectivity index is 3.92. The van der Waals surface area contributed by atoms with Crippen LogP contribution in [0.5, 0.6) is 0 Å². The molecule has 0 spiro atoms. The fraction of sp³-hybridized carbons (Fsp3) is 1.00. The van der Waals surface area contributed by atoms with Crippen molar-refractivity contribution in [3.05, 3.63) is 0 Å². The van der Waals surface area contributed by atoms with Crippen molar-refractivity contribution in [2.45, 2.75) is 83.7 Å². The monoisotopic (exact) mass is 299 g/mol. The second kappa shape index (κ2) is 13.5. The van der Waals surface area contributed by atoms with Crippen LogP contribution in [0.25, 0.3) is 0 Å². The van der Waals surface area contributed by atoms with Crippen molar-refractivity contribution in [1.82, 2.24) is 15.5 Å². The Morgan fingerprint density at radius 2 is 1.29 bits per heavy atom. The highest BCUT2D eigenvalue weighted by molar-refractivity contribution is 4.83. The SMILES string of the molecule is CCCCCCCCCC(CCN(C)CCC)(NC)NC. The Hall–Kier alpha value is -0.120. The van der Waals surface area contributed by atoms with Crippen LogP contribution in [0.2, 0.25) is 0 Å². The van der Waals surface area contributed by atoms with Crippen molar-refractivity contribution in [3.8, 4) is 0 Å². The second-order valence-electron chi connectivity index (χ2n) is 6.51. The summed E-state index contributed by atoms with van der Waals surface area (Å²) in [4.78, 5) is 2.44. The second-order valence-corrected chi connectivity index (χ2v) is 6.51. The molecule has 0 aliphatic heterocycles. The van der Waals surface area contributed by atoms with E-state index in [-0.39, 0.29) is 5.66 Å². The molecule has 0 amide bonds. The van der Waals surface area contributed by atoms with E-state index in [2.05, 4.69) is 50.5 Å². The summed E-state index contributed by atoms with van der Waals surface area (Å²) in [5, 5.41) is 7.07. The summed E-state index contributed by atoms with van der Waals surface area (Å²) >= 11 is 0. The van der Waals surface area contributed by atoms with Crippen molar-refractivity contribution in [1.29, 1.82) is 0 Å². The molecule has 0 radical (unpaired) electrons. The van der Waals surface area contributed by atoms with Gasteiger partial charge < -0.3 is 15.5 Å². The highest BCUT2D eigenvalue weighted by Gasteiger charge is 2.25. The Kier molecular flexibility index (Phi) is 13.5. The van der Waals surface area contributed by atoms with E-state index in [0.29, 0.717) is 0 Å². The quantitative estimate of drug-likeness (QED) is 0.353. The molecule has 0 aliphatic carbocycles. The smallest absolute Gasteiger partial charge is 0.0694 e. The van der Waals surface area contributed by atoms with E-state index in [4.69, 9.17) is 0 Å². The average molecular weight is 300 g/mol. The molecular formula is C18H41N3. The van der Waals surface area contributed by atoms with E-state index in [1.54, 1.807) is 0 Å². The third-order valence-corrected chi connectivity index (χ3v) is 4.69. The molecule has 0 saturated carbocycles. The van der Waals surface area contributed by atoms with Crippen LogP contribution in [0.1, 0.15) is 78.1 Å². The first-order valence-electron chi connectivity index (χ1n) is 9.20. The number of hydrogen-bond acceptors (Lipinski definition) is 3. The van der Waals surface area contributed by atoms with Crippen molar-refractivity contribution >= 4 is 0 Å². The minimum absolute atomic E-state index is 0.116. The molecule has 3 heteroatoms. The number of nitrogens with zero attached hydrogens (tertiary/aromatic N) is 1. The fourth-order valence-electron chi connectivity index (χ4n) is 3.01. The lowest BCUT2D eigenvalue weighted by Crippen LogP contribution is -2.55. The summed E-state index contributed by atoms with van der Waals surface area (Å²) < 4.78 is 0. The molecule has 0 aromatic heterocycles. The lowest BCUT2D eigenvalue weighted by Gasteiger charge is -2.35. The molecule has 21 heavy (non-hydrogen) atoms. The average Bonchev–Trinajstić information content (AvgIpc) is 2.50. The van der Waals surface area contributed by atoms with Gasteiger partial charge in [-0.1, -0.05) is 58.8 Å². The van der Waals surface area contributed by atoms with Crippen LogP contribution in [0, 0.1) is 0 Å². The first-order chi connectivity index (χ1) is 10.1. The van der Waals surface area contributed by atoms with Gasteiger partial charge in [0.1, 0.15) is 0 Å². The normalized spacial score (nSPS) is 12.3. The first-order valence-corrected chi connectivity index (χ1v) is 9.20. The van der Waals surface area contributed by atoms with Crippen molar-refractivity contribution in [2.75, 3.05) is 34.2 Å². The standard InChI is InChI=1S/C18H41N3/c1-6-8-9-10-11-12-13-14-18(19-3,20-4)15-17-21(5)16-7-2/h19-20H,6-17H2,1-5H3. The van der Waals surface area contributed by atoms with E-state index < -0.39 is 0 Å². The van der Waals surface area contributed by atoms with Gasteiger partial charge in [0, 0.05) is 6.54 Å². The lowest BCUT2D eigenvalue weighted by atomic mass is 9.96. The predicted octanol–water partition coefficient (Wildman–Crippen LogP) is 3.99. The van der Waals surface area contributed by atoms with Gasteiger partial charge in [-0.15, -0.1) is 0 Å². The van der Waals surface area contributed by atoms with E-state index >= 15 is 0 Å². The van der Waals surface area contributed by atoms with Crippen LogP contribution in [-0.4, -0.2) is 44.8 Å². The molecule has 0 bridgehead atoms. The summed E-state index contributed by atoms with van der Waals surface area (Å²) in [5.74, 6) is 0. The molecule has 0 heterocycles. The minimum Gasteiger partial charge on any atom is -0.306 e. The fourth-order valence-corrected chi connectivity index (χ4v) is 3.01. The maximum atomic E-state index is 3.54. The van der Waals surface area contributed by atoms with E-state index in [1.807, 2.05) is 0 Å². The van der Waals surface area contributed by atoms with Crippen LogP contribution in [0.4, 0.5) is 0 Å². The van der Waals surface area contributed by atoms with Crippen molar-refractivity contribution in [3.63, 3.8) is 0 Å². The Morgan fingerprint density at radius 1 is 0.714 bits per heavy atom. The summed E-state index contributed by atoms with van der Waals surface area (Å²) in [5.41, 5.74) is 0.116. The third kappa shape index (κ3) is 10.3. The summed E-state index contributed by atoms with van der Waals surface area (Å²) in [6.45, 7) is 6.88. The highest BCUT2D eigenvalue weighted by Crippen LogP contribution is 2.17. The largest absolute Gasteiger partial charge is 0.306 e. The molecule has 2 N–H and O–H groups in total. The molecule has 0 aromatic rings. The van der Waals surface area contributed by atoms with Gasteiger partial charge in [0.05, 0.1) is 5.66 Å². The zero-order chi connectivity index (χ0) is 16.0. The van der Waals surface area contributed by atoms with E-state index in [9.17, 15) is 0 Å². The molecule has 0 atom stereocenters. The highest BCUT2D eigenvalue weighted by atomic mass is 15.2. The van der Waals surface area contributed by atoms with Gasteiger partial charge in [-0.05, 0) is 47.0 Å². The molecule has 128 valence electrons. The first kappa shape index (κ1) is 20.9. The molecule has 0 fully saturated rings. The van der Waals surface area contributed by atoms with Gasteiger partial charge in [-0.2, -0.15) is 0 Å². The lowest BCUT2D eigenvalue weighted by molar-refractivity contribution is 0.204.